The molecule has 0 bridgehead atoms. The fourth-order valence-corrected chi connectivity index (χ4v) is 3.78. The molecule has 0 atom stereocenters. The van der Waals surface area contributed by atoms with Crippen molar-refractivity contribution in [1.29, 1.82) is 0 Å². The number of nitrogens with two attached hydrogens (primary N) is 1. The number of aromatic nitrogens is 1. The van der Waals surface area contributed by atoms with E-state index in [-0.39, 0.29) is 5.84 Å². The average molecular weight is 292 g/mol. The Labute approximate surface area is 123 Å². The summed E-state index contributed by atoms with van der Waals surface area (Å²) in [5.41, 5.74) is 9.09. The molecule has 5 nitrogen and oxygen atoms in total. The summed E-state index contributed by atoms with van der Waals surface area (Å²) >= 11 is 1.96. The van der Waals surface area contributed by atoms with Gasteiger partial charge in [-0.3, -0.25) is 0 Å². The quantitative estimate of drug-likeness (QED) is 0.375. The van der Waals surface area contributed by atoms with Gasteiger partial charge in [-0.2, -0.15) is 11.8 Å². The van der Waals surface area contributed by atoms with Crippen LogP contribution in [0.1, 0.15) is 29.7 Å². The smallest absolute Gasteiger partial charge is 0.173 e. The molecule has 3 N–H and O–H groups in total. The van der Waals surface area contributed by atoms with Crippen LogP contribution < -0.4 is 10.6 Å². The molecule has 0 radical (unpaired) electrons. The molecule has 108 valence electrons. The SMILES string of the molecule is NC(=NO)c1cc2c(nc1N1CCSCC1)CCCC2. The first-order valence-electron chi connectivity index (χ1n) is 7.13. The normalized spacial score (nSPS) is 19.8. The molecule has 0 spiro atoms. The molecule has 0 amide bonds. The van der Waals surface area contributed by atoms with Crippen molar-refractivity contribution in [3.63, 3.8) is 0 Å². The van der Waals surface area contributed by atoms with E-state index in [2.05, 4.69) is 16.1 Å². The summed E-state index contributed by atoms with van der Waals surface area (Å²) < 4.78 is 0. The van der Waals surface area contributed by atoms with Crippen molar-refractivity contribution in [3.05, 3.63) is 22.9 Å². The van der Waals surface area contributed by atoms with E-state index in [1.807, 2.05) is 11.8 Å². The minimum Gasteiger partial charge on any atom is -0.409 e. The maximum atomic E-state index is 9.03. The summed E-state index contributed by atoms with van der Waals surface area (Å²) in [6.45, 7) is 1.95. The van der Waals surface area contributed by atoms with Crippen LogP contribution in [-0.4, -0.2) is 40.6 Å². The Bertz CT molecular complexity index is 526. The average Bonchev–Trinajstić information content (AvgIpc) is 2.53. The molecule has 20 heavy (non-hydrogen) atoms. The maximum absolute atomic E-state index is 9.03. The number of hydrogen-bond donors (Lipinski definition) is 2. The first kappa shape index (κ1) is 13.5. The van der Waals surface area contributed by atoms with E-state index in [4.69, 9.17) is 15.9 Å². The Morgan fingerprint density at radius 3 is 2.80 bits per heavy atom. The van der Waals surface area contributed by atoms with Crippen LogP contribution in [0.25, 0.3) is 0 Å². The van der Waals surface area contributed by atoms with Crippen molar-refractivity contribution in [2.24, 2.45) is 10.9 Å². The Morgan fingerprint density at radius 2 is 2.05 bits per heavy atom. The maximum Gasteiger partial charge on any atom is 0.173 e. The van der Waals surface area contributed by atoms with E-state index in [1.165, 1.54) is 24.1 Å². The summed E-state index contributed by atoms with van der Waals surface area (Å²) in [6, 6.07) is 2.08. The molecule has 1 saturated heterocycles. The van der Waals surface area contributed by atoms with Crippen LogP contribution in [0.2, 0.25) is 0 Å². The first-order chi connectivity index (χ1) is 9.79. The molecule has 2 aliphatic rings. The predicted molar refractivity (Wildman–Crippen MR) is 82.9 cm³/mol. The Morgan fingerprint density at radius 1 is 1.30 bits per heavy atom. The largest absolute Gasteiger partial charge is 0.409 e. The van der Waals surface area contributed by atoms with E-state index in [0.29, 0.717) is 0 Å². The summed E-state index contributed by atoms with van der Waals surface area (Å²) in [6.07, 6.45) is 4.49. The van der Waals surface area contributed by atoms with Gasteiger partial charge in [0.15, 0.2) is 5.84 Å². The highest BCUT2D eigenvalue weighted by atomic mass is 32.2. The van der Waals surface area contributed by atoms with Crippen LogP contribution in [-0.2, 0) is 12.8 Å². The monoisotopic (exact) mass is 292 g/mol. The first-order valence-corrected chi connectivity index (χ1v) is 8.28. The summed E-state index contributed by atoms with van der Waals surface area (Å²) in [7, 11) is 0. The molecule has 1 aliphatic carbocycles. The Kier molecular flexibility index (Phi) is 4.00. The van der Waals surface area contributed by atoms with Gasteiger partial charge in [-0.1, -0.05) is 5.16 Å². The number of thioether (sulfide) groups is 1. The molecule has 6 heteroatoms. The molecule has 1 aromatic heterocycles. The second-order valence-corrected chi connectivity index (χ2v) is 6.48. The summed E-state index contributed by atoms with van der Waals surface area (Å²) in [5.74, 6) is 3.27. The van der Waals surface area contributed by atoms with Crippen molar-refractivity contribution < 1.29 is 5.21 Å². The van der Waals surface area contributed by atoms with Crippen LogP contribution >= 0.6 is 11.8 Å². The number of nitrogens with zero attached hydrogens (tertiary/aromatic N) is 3. The number of hydrogen-bond acceptors (Lipinski definition) is 5. The van der Waals surface area contributed by atoms with Crippen LogP contribution in [0.15, 0.2) is 11.2 Å². The van der Waals surface area contributed by atoms with Gasteiger partial charge in [-0.15, -0.1) is 0 Å². The molecule has 1 aromatic rings. The highest BCUT2D eigenvalue weighted by molar-refractivity contribution is 7.99. The Hall–Kier alpha value is -1.43. The van der Waals surface area contributed by atoms with Crippen molar-refractivity contribution in [3.8, 4) is 0 Å². The topological polar surface area (TPSA) is 74.7 Å². The standard InChI is InChI=1S/C14H20N4OS/c15-13(17-19)11-9-10-3-1-2-4-12(10)16-14(11)18-5-7-20-8-6-18/h9,19H,1-8H2,(H2,15,17). The summed E-state index contributed by atoms with van der Waals surface area (Å²) in [5, 5.41) is 12.2. The van der Waals surface area contributed by atoms with Gasteiger partial charge in [0.25, 0.3) is 0 Å². The van der Waals surface area contributed by atoms with Gasteiger partial charge < -0.3 is 15.8 Å². The van der Waals surface area contributed by atoms with E-state index < -0.39 is 0 Å². The third kappa shape index (κ3) is 2.57. The predicted octanol–water partition coefficient (Wildman–Crippen LogP) is 1.61. The molecule has 0 unspecified atom stereocenters. The molecule has 1 fully saturated rings. The third-order valence-electron chi connectivity index (χ3n) is 3.98. The van der Waals surface area contributed by atoms with Gasteiger partial charge in [-0.25, -0.2) is 4.98 Å². The fourth-order valence-electron chi connectivity index (χ4n) is 2.88. The number of pyridine rings is 1. The second kappa shape index (κ2) is 5.91. The van der Waals surface area contributed by atoms with Gasteiger partial charge >= 0.3 is 0 Å². The molecule has 0 aromatic carbocycles. The number of anilines is 1. The zero-order valence-corrected chi connectivity index (χ0v) is 12.3. The number of amidine groups is 1. The van der Waals surface area contributed by atoms with Crippen LogP contribution in [0, 0.1) is 0 Å². The Balaban J connectivity index is 2.04. The van der Waals surface area contributed by atoms with Gasteiger partial charge in [-0.05, 0) is 37.3 Å². The number of fused-ring (bicyclic) bond motifs is 1. The minimum absolute atomic E-state index is 0.166. The number of rotatable bonds is 2. The zero-order valence-electron chi connectivity index (χ0n) is 11.5. The van der Waals surface area contributed by atoms with Crippen LogP contribution in [0.5, 0.6) is 0 Å². The van der Waals surface area contributed by atoms with Crippen LogP contribution in [0.4, 0.5) is 5.82 Å². The fraction of sp³-hybridized carbons (Fsp3) is 0.571. The van der Waals surface area contributed by atoms with Crippen molar-refractivity contribution >= 4 is 23.4 Å². The lowest BCUT2D eigenvalue weighted by Crippen LogP contribution is -2.35. The van der Waals surface area contributed by atoms with E-state index in [9.17, 15) is 0 Å². The molecule has 1 aliphatic heterocycles. The van der Waals surface area contributed by atoms with Crippen molar-refractivity contribution in [1.82, 2.24) is 4.98 Å². The number of aryl methyl sites for hydroxylation is 2. The van der Waals surface area contributed by atoms with Crippen molar-refractivity contribution in [2.75, 3.05) is 29.5 Å². The van der Waals surface area contributed by atoms with Crippen molar-refractivity contribution in [2.45, 2.75) is 25.7 Å². The van der Waals surface area contributed by atoms with Gasteiger partial charge in [0.1, 0.15) is 5.82 Å². The lowest BCUT2D eigenvalue weighted by molar-refractivity contribution is 0.318. The second-order valence-electron chi connectivity index (χ2n) is 5.26. The molecular formula is C14H20N4OS. The molecule has 3 rings (SSSR count). The third-order valence-corrected chi connectivity index (χ3v) is 4.92. The zero-order chi connectivity index (χ0) is 13.9. The molecular weight excluding hydrogens is 272 g/mol. The minimum atomic E-state index is 0.166. The number of oxime groups is 1. The van der Waals surface area contributed by atoms with Crippen LogP contribution in [0.3, 0.4) is 0 Å². The molecule has 0 saturated carbocycles. The van der Waals surface area contributed by atoms with E-state index in [0.717, 1.165) is 48.8 Å². The lowest BCUT2D eigenvalue weighted by atomic mass is 9.94. The molecule has 2 heterocycles. The van der Waals surface area contributed by atoms with E-state index >= 15 is 0 Å². The lowest BCUT2D eigenvalue weighted by Gasteiger charge is -2.30. The highest BCUT2D eigenvalue weighted by Gasteiger charge is 2.22. The van der Waals surface area contributed by atoms with Gasteiger partial charge in [0.05, 0.1) is 5.56 Å². The van der Waals surface area contributed by atoms with Gasteiger partial charge in [0, 0.05) is 30.3 Å². The van der Waals surface area contributed by atoms with Gasteiger partial charge in [0.2, 0.25) is 0 Å². The summed E-state index contributed by atoms with van der Waals surface area (Å²) in [4.78, 5) is 7.11. The van der Waals surface area contributed by atoms with E-state index in [1.54, 1.807) is 0 Å². The highest BCUT2D eigenvalue weighted by Crippen LogP contribution is 2.28.